The van der Waals surface area contributed by atoms with Gasteiger partial charge in [-0.1, -0.05) is 13.8 Å². The van der Waals surface area contributed by atoms with Gasteiger partial charge in [-0.15, -0.1) is 0 Å². The molecule has 1 aromatic heterocycles. The van der Waals surface area contributed by atoms with Gasteiger partial charge in [0.25, 0.3) is 0 Å². The van der Waals surface area contributed by atoms with Gasteiger partial charge in [-0.25, -0.2) is 4.39 Å². The van der Waals surface area contributed by atoms with E-state index in [4.69, 9.17) is 0 Å². The van der Waals surface area contributed by atoms with E-state index in [1.165, 1.54) is 0 Å². The van der Waals surface area contributed by atoms with E-state index in [-0.39, 0.29) is 23.6 Å². The SMILES string of the molecule is CC(C)CNc1nc(NC(C)(C)C#N)nc(-c2cc(C(F)(F)F)ccc2F)n1. The third-order valence-electron chi connectivity index (χ3n) is 3.54. The molecular formula is C18H20F4N6. The van der Waals surface area contributed by atoms with Gasteiger partial charge in [-0.3, -0.25) is 0 Å². The minimum atomic E-state index is -4.64. The van der Waals surface area contributed by atoms with E-state index in [1.807, 2.05) is 19.9 Å². The smallest absolute Gasteiger partial charge is 0.354 e. The van der Waals surface area contributed by atoms with E-state index in [0.29, 0.717) is 18.7 Å². The fourth-order valence-corrected chi connectivity index (χ4v) is 2.11. The minimum absolute atomic E-state index is 0.0559. The summed E-state index contributed by atoms with van der Waals surface area (Å²) in [5, 5.41) is 14.9. The lowest BCUT2D eigenvalue weighted by molar-refractivity contribution is -0.137. The molecule has 0 radical (unpaired) electrons. The molecule has 6 nitrogen and oxygen atoms in total. The number of halogens is 4. The Bertz CT molecular complexity index is 887. The number of hydrogen-bond acceptors (Lipinski definition) is 6. The standard InChI is InChI=1S/C18H20F4N6/c1-10(2)8-24-15-25-14(26-16(27-15)28-17(3,4)9-23)12-7-11(18(20,21)22)5-6-13(12)19/h5-7,10H,8H2,1-4H3,(H2,24,25,26,27,28). The fraction of sp³-hybridized carbons (Fsp3) is 0.444. The molecule has 0 bridgehead atoms. The van der Waals surface area contributed by atoms with Crippen LogP contribution in [-0.4, -0.2) is 27.0 Å². The monoisotopic (exact) mass is 396 g/mol. The first kappa shape index (κ1) is 21.3. The second-order valence-corrected chi connectivity index (χ2v) is 7.14. The predicted molar refractivity (Wildman–Crippen MR) is 96.9 cm³/mol. The molecule has 0 atom stereocenters. The Hall–Kier alpha value is -2.96. The molecule has 0 aliphatic rings. The van der Waals surface area contributed by atoms with Gasteiger partial charge in [0, 0.05) is 6.54 Å². The van der Waals surface area contributed by atoms with Crippen molar-refractivity contribution in [3.63, 3.8) is 0 Å². The third kappa shape index (κ3) is 5.52. The number of nitriles is 1. The normalized spacial score (nSPS) is 12.0. The van der Waals surface area contributed by atoms with Crippen LogP contribution in [0.3, 0.4) is 0 Å². The summed E-state index contributed by atoms with van der Waals surface area (Å²) in [5.41, 5.74) is -2.49. The molecule has 0 saturated carbocycles. The number of anilines is 2. The van der Waals surface area contributed by atoms with Crippen molar-refractivity contribution < 1.29 is 17.6 Å². The van der Waals surface area contributed by atoms with Crippen molar-refractivity contribution in [3.05, 3.63) is 29.6 Å². The van der Waals surface area contributed by atoms with Crippen LogP contribution in [0.4, 0.5) is 29.5 Å². The van der Waals surface area contributed by atoms with Crippen LogP contribution in [0.1, 0.15) is 33.3 Å². The number of benzene rings is 1. The lowest BCUT2D eigenvalue weighted by atomic mass is 10.1. The summed E-state index contributed by atoms with van der Waals surface area (Å²) in [5.74, 6) is -0.940. The summed E-state index contributed by atoms with van der Waals surface area (Å²) in [6.45, 7) is 7.51. The van der Waals surface area contributed by atoms with Crippen LogP contribution in [-0.2, 0) is 6.18 Å². The molecule has 0 unspecified atom stereocenters. The molecule has 2 N–H and O–H groups in total. The van der Waals surface area contributed by atoms with E-state index in [2.05, 4.69) is 25.6 Å². The first-order valence-electron chi connectivity index (χ1n) is 8.48. The fourth-order valence-electron chi connectivity index (χ4n) is 2.11. The molecule has 10 heteroatoms. The van der Waals surface area contributed by atoms with Gasteiger partial charge in [0.05, 0.1) is 17.2 Å². The summed E-state index contributed by atoms with van der Waals surface area (Å²) in [4.78, 5) is 12.2. The number of aromatic nitrogens is 3. The molecule has 0 spiro atoms. The Labute approximate surface area is 160 Å². The van der Waals surface area contributed by atoms with Crippen molar-refractivity contribution in [2.24, 2.45) is 5.92 Å². The van der Waals surface area contributed by atoms with Crippen molar-refractivity contribution in [2.45, 2.75) is 39.4 Å². The highest BCUT2D eigenvalue weighted by molar-refractivity contribution is 5.60. The zero-order valence-corrected chi connectivity index (χ0v) is 15.8. The Balaban J connectivity index is 2.56. The van der Waals surface area contributed by atoms with Gasteiger partial charge in [0.1, 0.15) is 11.4 Å². The lowest BCUT2D eigenvalue weighted by Gasteiger charge is -2.19. The maximum absolute atomic E-state index is 14.3. The highest BCUT2D eigenvalue weighted by Crippen LogP contribution is 2.33. The van der Waals surface area contributed by atoms with Crippen molar-refractivity contribution in [3.8, 4) is 17.5 Å². The molecule has 28 heavy (non-hydrogen) atoms. The van der Waals surface area contributed by atoms with Gasteiger partial charge in [0.15, 0.2) is 5.82 Å². The molecule has 2 aromatic rings. The zero-order valence-electron chi connectivity index (χ0n) is 15.8. The highest BCUT2D eigenvalue weighted by atomic mass is 19.4. The van der Waals surface area contributed by atoms with E-state index < -0.39 is 28.7 Å². The maximum Gasteiger partial charge on any atom is 0.416 e. The van der Waals surface area contributed by atoms with Crippen molar-refractivity contribution in [1.82, 2.24) is 15.0 Å². The summed E-state index contributed by atoms with van der Waals surface area (Å²) in [6.07, 6.45) is -4.64. The molecule has 0 fully saturated rings. The number of hydrogen-bond donors (Lipinski definition) is 2. The molecule has 0 saturated heterocycles. The zero-order chi connectivity index (χ0) is 21.1. The Morgan fingerprint density at radius 1 is 1.11 bits per heavy atom. The molecule has 0 aliphatic heterocycles. The molecule has 1 heterocycles. The van der Waals surface area contributed by atoms with Gasteiger partial charge in [-0.05, 0) is 38.0 Å². The average Bonchev–Trinajstić information content (AvgIpc) is 2.58. The van der Waals surface area contributed by atoms with E-state index in [9.17, 15) is 22.8 Å². The predicted octanol–water partition coefficient (Wildman–Crippen LogP) is 4.48. The van der Waals surface area contributed by atoms with Gasteiger partial charge in [0.2, 0.25) is 11.9 Å². The van der Waals surface area contributed by atoms with Crippen molar-refractivity contribution in [1.29, 1.82) is 5.26 Å². The van der Waals surface area contributed by atoms with Crippen molar-refractivity contribution in [2.75, 3.05) is 17.2 Å². The largest absolute Gasteiger partial charge is 0.416 e. The van der Waals surface area contributed by atoms with Crippen LogP contribution in [0.25, 0.3) is 11.4 Å². The molecule has 150 valence electrons. The van der Waals surface area contributed by atoms with E-state index in [1.54, 1.807) is 13.8 Å². The third-order valence-corrected chi connectivity index (χ3v) is 3.54. The minimum Gasteiger partial charge on any atom is -0.354 e. The topological polar surface area (TPSA) is 86.5 Å². The number of alkyl halides is 3. The van der Waals surface area contributed by atoms with Crippen LogP contribution < -0.4 is 10.6 Å². The Kier molecular flexibility index (Phi) is 6.07. The molecular weight excluding hydrogens is 376 g/mol. The first-order chi connectivity index (χ1) is 12.9. The molecule has 1 aromatic carbocycles. The van der Waals surface area contributed by atoms with Crippen LogP contribution in [0, 0.1) is 23.1 Å². The Morgan fingerprint density at radius 2 is 1.75 bits per heavy atom. The van der Waals surface area contributed by atoms with Crippen LogP contribution in [0.2, 0.25) is 0 Å². The first-order valence-corrected chi connectivity index (χ1v) is 8.48. The molecule has 0 amide bonds. The Morgan fingerprint density at radius 3 is 2.32 bits per heavy atom. The quantitative estimate of drug-likeness (QED) is 0.701. The van der Waals surface area contributed by atoms with Crippen molar-refractivity contribution >= 4 is 11.9 Å². The highest BCUT2D eigenvalue weighted by Gasteiger charge is 2.31. The average molecular weight is 396 g/mol. The second kappa shape index (κ2) is 7.96. The number of nitrogens with zero attached hydrogens (tertiary/aromatic N) is 4. The van der Waals surface area contributed by atoms with Crippen LogP contribution in [0.15, 0.2) is 18.2 Å². The molecule has 0 aliphatic carbocycles. The second-order valence-electron chi connectivity index (χ2n) is 7.14. The maximum atomic E-state index is 14.3. The lowest BCUT2D eigenvalue weighted by Crippen LogP contribution is -2.30. The van der Waals surface area contributed by atoms with Crippen LogP contribution in [0.5, 0.6) is 0 Å². The van der Waals surface area contributed by atoms with Gasteiger partial charge < -0.3 is 10.6 Å². The number of nitrogens with one attached hydrogen (secondary N) is 2. The molecule has 2 rings (SSSR count). The summed E-state index contributed by atoms with van der Waals surface area (Å²) < 4.78 is 53.3. The summed E-state index contributed by atoms with van der Waals surface area (Å²) in [7, 11) is 0. The summed E-state index contributed by atoms with van der Waals surface area (Å²) in [6, 6.07) is 4.02. The van der Waals surface area contributed by atoms with Gasteiger partial charge >= 0.3 is 6.18 Å². The van der Waals surface area contributed by atoms with Gasteiger partial charge in [-0.2, -0.15) is 33.4 Å². The van der Waals surface area contributed by atoms with Crippen LogP contribution >= 0.6 is 0 Å². The van der Waals surface area contributed by atoms with E-state index >= 15 is 0 Å². The van der Waals surface area contributed by atoms with E-state index in [0.717, 1.165) is 6.07 Å². The summed E-state index contributed by atoms with van der Waals surface area (Å²) >= 11 is 0. The number of rotatable bonds is 6.